The number of Topliss-reactive ketones (excluding diaryl/α,β-unsaturated/α-hetero) is 1. The van der Waals surface area contributed by atoms with E-state index in [9.17, 15) is 4.79 Å². The molecule has 14 heavy (non-hydrogen) atoms. The van der Waals surface area contributed by atoms with Gasteiger partial charge >= 0.3 is 0 Å². The zero-order chi connectivity index (χ0) is 9.97. The van der Waals surface area contributed by atoms with Gasteiger partial charge in [0.25, 0.3) is 0 Å². The highest BCUT2D eigenvalue weighted by Crippen LogP contribution is 2.23. The Morgan fingerprint density at radius 2 is 2.50 bits per heavy atom. The van der Waals surface area contributed by atoms with Crippen LogP contribution < -0.4 is 0 Å². The van der Waals surface area contributed by atoms with Crippen molar-refractivity contribution in [3.05, 3.63) is 11.9 Å². The monoisotopic (exact) mass is 193 g/mol. The van der Waals surface area contributed by atoms with Crippen molar-refractivity contribution in [3.63, 3.8) is 0 Å². The van der Waals surface area contributed by atoms with E-state index in [0.29, 0.717) is 11.7 Å². The van der Waals surface area contributed by atoms with Crippen molar-refractivity contribution >= 4 is 5.78 Å². The minimum atomic E-state index is 0.408. The Kier molecular flexibility index (Phi) is 2.61. The lowest BCUT2D eigenvalue weighted by atomic mass is 9.85. The summed E-state index contributed by atoms with van der Waals surface area (Å²) < 4.78 is 1.71. The molecule has 4 nitrogen and oxygen atoms in total. The summed E-state index contributed by atoms with van der Waals surface area (Å²) in [7, 11) is 1.86. The van der Waals surface area contributed by atoms with Gasteiger partial charge in [-0.05, 0) is 25.2 Å². The molecule has 0 aliphatic heterocycles. The molecule has 1 saturated carbocycles. The highest BCUT2D eigenvalue weighted by Gasteiger charge is 2.20. The number of hydrogen-bond donors (Lipinski definition) is 0. The van der Waals surface area contributed by atoms with Gasteiger partial charge in [0, 0.05) is 26.1 Å². The quantitative estimate of drug-likeness (QED) is 0.707. The molecular weight excluding hydrogens is 178 g/mol. The molecule has 2 rings (SSSR count). The minimum Gasteiger partial charge on any atom is -0.300 e. The molecule has 0 amide bonds. The normalized spacial score (nSPS) is 22.6. The summed E-state index contributed by atoms with van der Waals surface area (Å²) in [5.41, 5.74) is 1.01. The largest absolute Gasteiger partial charge is 0.300 e. The van der Waals surface area contributed by atoms with Crippen LogP contribution in [0.2, 0.25) is 0 Å². The Hall–Kier alpha value is -1.19. The maximum atomic E-state index is 11.2. The van der Waals surface area contributed by atoms with Gasteiger partial charge in [-0.2, -0.15) is 0 Å². The van der Waals surface area contributed by atoms with Crippen molar-refractivity contribution in [1.82, 2.24) is 15.0 Å². The first kappa shape index (κ1) is 9.37. The summed E-state index contributed by atoms with van der Waals surface area (Å²) in [6.45, 7) is 0. The molecule has 4 heteroatoms. The second-order valence-electron chi connectivity index (χ2n) is 4.09. The van der Waals surface area contributed by atoms with Gasteiger partial charge in [0.1, 0.15) is 5.78 Å². The predicted molar refractivity (Wildman–Crippen MR) is 51.7 cm³/mol. The molecule has 0 radical (unpaired) electrons. The number of hydrogen-bond acceptors (Lipinski definition) is 3. The molecule has 1 unspecified atom stereocenters. The van der Waals surface area contributed by atoms with Crippen molar-refractivity contribution in [2.45, 2.75) is 32.1 Å². The van der Waals surface area contributed by atoms with E-state index < -0.39 is 0 Å². The van der Waals surface area contributed by atoms with Crippen molar-refractivity contribution in [2.24, 2.45) is 13.0 Å². The number of ketones is 1. The highest BCUT2D eigenvalue weighted by molar-refractivity contribution is 5.79. The van der Waals surface area contributed by atoms with Gasteiger partial charge in [-0.25, -0.2) is 0 Å². The lowest BCUT2D eigenvalue weighted by molar-refractivity contribution is -0.121. The summed E-state index contributed by atoms with van der Waals surface area (Å²) in [4.78, 5) is 11.2. The lowest BCUT2D eigenvalue weighted by Crippen LogP contribution is -2.17. The van der Waals surface area contributed by atoms with Gasteiger partial charge in [-0.1, -0.05) is 5.21 Å². The summed E-state index contributed by atoms with van der Waals surface area (Å²) in [5.74, 6) is 0.901. The maximum absolute atomic E-state index is 11.2. The predicted octanol–water partition coefficient (Wildman–Crippen LogP) is 1.12. The molecule has 1 aliphatic rings. The number of aromatic nitrogens is 3. The Morgan fingerprint density at radius 1 is 1.64 bits per heavy atom. The van der Waals surface area contributed by atoms with Crippen LogP contribution in [0.3, 0.4) is 0 Å². The summed E-state index contributed by atoms with van der Waals surface area (Å²) >= 11 is 0. The third-order valence-electron chi connectivity index (χ3n) is 2.73. The first-order valence-corrected chi connectivity index (χ1v) is 5.11. The second kappa shape index (κ2) is 3.90. The van der Waals surface area contributed by atoms with Gasteiger partial charge in [0.05, 0.1) is 5.69 Å². The first-order valence-electron chi connectivity index (χ1n) is 5.11. The lowest BCUT2D eigenvalue weighted by Gasteiger charge is -2.19. The molecule has 0 bridgehead atoms. The standard InChI is InChI=1S/C10H15N3O/c1-13-7-9(11-12-13)5-8-3-2-4-10(14)6-8/h7-8H,2-6H2,1H3. The third kappa shape index (κ3) is 2.19. The van der Waals surface area contributed by atoms with Gasteiger partial charge < -0.3 is 0 Å². The first-order chi connectivity index (χ1) is 6.74. The van der Waals surface area contributed by atoms with E-state index in [1.54, 1.807) is 4.68 Å². The summed E-state index contributed by atoms with van der Waals surface area (Å²) in [6, 6.07) is 0. The fourth-order valence-electron chi connectivity index (χ4n) is 2.07. The average molecular weight is 193 g/mol. The third-order valence-corrected chi connectivity index (χ3v) is 2.73. The van der Waals surface area contributed by atoms with E-state index in [1.165, 1.54) is 0 Å². The number of carbonyl (C=O) groups is 1. The maximum Gasteiger partial charge on any atom is 0.133 e. The Bertz CT molecular complexity index is 332. The number of aryl methyl sites for hydroxylation is 1. The van der Waals surface area contributed by atoms with Crippen LogP contribution in [-0.4, -0.2) is 20.8 Å². The molecule has 0 spiro atoms. The molecule has 1 aliphatic carbocycles. The number of carbonyl (C=O) groups excluding carboxylic acids is 1. The van der Waals surface area contributed by atoms with E-state index in [0.717, 1.165) is 37.8 Å². The van der Waals surface area contributed by atoms with Crippen molar-refractivity contribution in [1.29, 1.82) is 0 Å². The van der Waals surface area contributed by atoms with Crippen LogP contribution in [0.25, 0.3) is 0 Å². The van der Waals surface area contributed by atoms with Crippen LogP contribution >= 0.6 is 0 Å². The smallest absolute Gasteiger partial charge is 0.133 e. The van der Waals surface area contributed by atoms with E-state index in [2.05, 4.69) is 10.3 Å². The molecule has 0 aromatic carbocycles. The van der Waals surface area contributed by atoms with Crippen LogP contribution in [-0.2, 0) is 18.3 Å². The summed E-state index contributed by atoms with van der Waals surface area (Å²) in [5, 5.41) is 7.92. The van der Waals surface area contributed by atoms with Crippen LogP contribution in [0.4, 0.5) is 0 Å². The van der Waals surface area contributed by atoms with Gasteiger partial charge in [0.15, 0.2) is 0 Å². The highest BCUT2D eigenvalue weighted by atomic mass is 16.1. The zero-order valence-corrected chi connectivity index (χ0v) is 8.44. The minimum absolute atomic E-state index is 0.408. The molecule has 1 aromatic rings. The Balaban J connectivity index is 1.93. The van der Waals surface area contributed by atoms with E-state index in [4.69, 9.17) is 0 Å². The number of rotatable bonds is 2. The van der Waals surface area contributed by atoms with Crippen molar-refractivity contribution < 1.29 is 4.79 Å². The van der Waals surface area contributed by atoms with Crippen LogP contribution in [0.5, 0.6) is 0 Å². The molecular formula is C10H15N3O. The van der Waals surface area contributed by atoms with Gasteiger partial charge in [0.2, 0.25) is 0 Å². The van der Waals surface area contributed by atoms with Crippen molar-refractivity contribution in [2.75, 3.05) is 0 Å². The molecule has 0 saturated heterocycles. The molecule has 76 valence electrons. The zero-order valence-electron chi connectivity index (χ0n) is 8.44. The van der Waals surface area contributed by atoms with Crippen LogP contribution in [0, 0.1) is 5.92 Å². The van der Waals surface area contributed by atoms with Crippen LogP contribution in [0.15, 0.2) is 6.20 Å². The SMILES string of the molecule is Cn1cc(CC2CCCC(=O)C2)nn1. The summed E-state index contributed by atoms with van der Waals surface area (Å²) in [6.07, 6.45) is 6.54. The van der Waals surface area contributed by atoms with Gasteiger partial charge in [-0.15, -0.1) is 5.10 Å². The van der Waals surface area contributed by atoms with Crippen molar-refractivity contribution in [3.8, 4) is 0 Å². The fraction of sp³-hybridized carbons (Fsp3) is 0.700. The van der Waals surface area contributed by atoms with E-state index in [-0.39, 0.29) is 0 Å². The van der Waals surface area contributed by atoms with E-state index >= 15 is 0 Å². The molecule has 1 fully saturated rings. The Labute approximate surface area is 83.3 Å². The molecule has 1 aromatic heterocycles. The Morgan fingerprint density at radius 3 is 3.14 bits per heavy atom. The molecule has 0 N–H and O–H groups in total. The van der Waals surface area contributed by atoms with Crippen LogP contribution in [0.1, 0.15) is 31.4 Å². The topological polar surface area (TPSA) is 47.8 Å². The van der Waals surface area contributed by atoms with E-state index in [1.807, 2.05) is 13.2 Å². The number of nitrogens with zero attached hydrogens (tertiary/aromatic N) is 3. The average Bonchev–Trinajstić information content (AvgIpc) is 2.51. The van der Waals surface area contributed by atoms with Gasteiger partial charge in [-0.3, -0.25) is 9.48 Å². The molecule has 1 heterocycles. The molecule has 1 atom stereocenters. The fourth-order valence-corrected chi connectivity index (χ4v) is 2.07. The second-order valence-corrected chi connectivity index (χ2v) is 4.09.